The van der Waals surface area contributed by atoms with Crippen molar-refractivity contribution >= 4 is 0 Å². The Kier molecular flexibility index (Phi) is 9.35. The molecule has 0 aliphatic heterocycles. The third-order valence-corrected chi connectivity index (χ3v) is 2.21. The lowest BCUT2D eigenvalue weighted by molar-refractivity contribution is -0.133. The standard InChI is InChI=1S/C11H25NO2/c1-5-10(4)8-12-9-11(13-6-2)14-7-3/h10-12H,5-9H2,1-4H3/t10-/m0/s1. The Labute approximate surface area is 88.2 Å². The van der Waals surface area contributed by atoms with Crippen LogP contribution >= 0.6 is 0 Å². The average Bonchev–Trinajstić information content (AvgIpc) is 2.18. The van der Waals surface area contributed by atoms with Crippen molar-refractivity contribution < 1.29 is 9.47 Å². The van der Waals surface area contributed by atoms with Gasteiger partial charge >= 0.3 is 0 Å². The first-order valence-electron chi connectivity index (χ1n) is 5.68. The molecule has 0 fully saturated rings. The predicted molar refractivity (Wildman–Crippen MR) is 59.4 cm³/mol. The van der Waals surface area contributed by atoms with E-state index in [1.807, 2.05) is 13.8 Å². The molecule has 0 aliphatic carbocycles. The Morgan fingerprint density at radius 3 is 2.00 bits per heavy atom. The molecule has 3 heteroatoms. The number of ether oxygens (including phenoxy) is 2. The van der Waals surface area contributed by atoms with E-state index in [-0.39, 0.29) is 6.29 Å². The molecule has 0 saturated carbocycles. The Hall–Kier alpha value is -0.120. The molecule has 0 aromatic carbocycles. The van der Waals surface area contributed by atoms with Crippen LogP contribution in [-0.4, -0.2) is 32.6 Å². The van der Waals surface area contributed by atoms with Gasteiger partial charge in [0.1, 0.15) is 0 Å². The van der Waals surface area contributed by atoms with Crippen LogP contribution in [0.3, 0.4) is 0 Å². The van der Waals surface area contributed by atoms with Crippen molar-refractivity contribution in [3.63, 3.8) is 0 Å². The van der Waals surface area contributed by atoms with Gasteiger partial charge in [0.25, 0.3) is 0 Å². The summed E-state index contributed by atoms with van der Waals surface area (Å²) in [6.45, 7) is 11.6. The van der Waals surface area contributed by atoms with Gasteiger partial charge in [-0.15, -0.1) is 0 Å². The van der Waals surface area contributed by atoms with Crippen molar-refractivity contribution in [2.24, 2.45) is 5.92 Å². The van der Waals surface area contributed by atoms with Gasteiger partial charge in [0.2, 0.25) is 0 Å². The maximum absolute atomic E-state index is 5.41. The van der Waals surface area contributed by atoms with Crippen molar-refractivity contribution in [3.8, 4) is 0 Å². The SMILES string of the molecule is CCOC(CNC[C@@H](C)CC)OCC. The fourth-order valence-corrected chi connectivity index (χ4v) is 1.13. The van der Waals surface area contributed by atoms with Crippen LogP contribution < -0.4 is 5.32 Å². The number of hydrogen-bond acceptors (Lipinski definition) is 3. The average molecular weight is 203 g/mol. The van der Waals surface area contributed by atoms with Gasteiger partial charge in [-0.05, 0) is 26.3 Å². The zero-order valence-corrected chi connectivity index (χ0v) is 10.0. The molecule has 0 amide bonds. The summed E-state index contributed by atoms with van der Waals surface area (Å²) in [6.07, 6.45) is 1.12. The lowest BCUT2D eigenvalue weighted by Gasteiger charge is -2.18. The van der Waals surface area contributed by atoms with Crippen LogP contribution in [0.2, 0.25) is 0 Å². The molecular formula is C11H25NO2. The maximum atomic E-state index is 5.41. The molecule has 0 aliphatic rings. The molecular weight excluding hydrogens is 178 g/mol. The molecule has 0 radical (unpaired) electrons. The van der Waals surface area contributed by atoms with Crippen molar-refractivity contribution in [3.05, 3.63) is 0 Å². The van der Waals surface area contributed by atoms with Gasteiger partial charge in [-0.25, -0.2) is 0 Å². The van der Waals surface area contributed by atoms with E-state index in [1.54, 1.807) is 0 Å². The van der Waals surface area contributed by atoms with Gasteiger partial charge in [-0.3, -0.25) is 0 Å². The van der Waals surface area contributed by atoms with Crippen LogP contribution in [0.1, 0.15) is 34.1 Å². The minimum absolute atomic E-state index is 0.0888. The Balaban J connectivity index is 3.49. The van der Waals surface area contributed by atoms with Crippen molar-refractivity contribution in [1.82, 2.24) is 5.32 Å². The zero-order valence-electron chi connectivity index (χ0n) is 10.0. The minimum atomic E-state index is -0.0888. The topological polar surface area (TPSA) is 30.5 Å². The van der Waals surface area contributed by atoms with Crippen LogP contribution in [0.25, 0.3) is 0 Å². The molecule has 1 N–H and O–H groups in total. The fraction of sp³-hybridized carbons (Fsp3) is 1.00. The Bertz CT molecular complexity index is 114. The monoisotopic (exact) mass is 203 g/mol. The zero-order chi connectivity index (χ0) is 10.8. The fourth-order valence-electron chi connectivity index (χ4n) is 1.13. The molecule has 0 bridgehead atoms. The highest BCUT2D eigenvalue weighted by Gasteiger charge is 2.07. The van der Waals surface area contributed by atoms with E-state index in [9.17, 15) is 0 Å². The highest BCUT2D eigenvalue weighted by molar-refractivity contribution is 4.56. The van der Waals surface area contributed by atoms with Gasteiger partial charge < -0.3 is 14.8 Å². The third kappa shape index (κ3) is 7.30. The summed E-state index contributed by atoms with van der Waals surface area (Å²) in [4.78, 5) is 0. The van der Waals surface area contributed by atoms with Gasteiger partial charge in [-0.1, -0.05) is 20.3 Å². The summed E-state index contributed by atoms with van der Waals surface area (Å²) >= 11 is 0. The van der Waals surface area contributed by atoms with Crippen molar-refractivity contribution in [1.29, 1.82) is 0 Å². The van der Waals surface area contributed by atoms with Crippen molar-refractivity contribution in [2.45, 2.75) is 40.4 Å². The van der Waals surface area contributed by atoms with Gasteiger partial charge in [-0.2, -0.15) is 0 Å². The maximum Gasteiger partial charge on any atom is 0.169 e. The smallest absolute Gasteiger partial charge is 0.169 e. The quantitative estimate of drug-likeness (QED) is 0.582. The molecule has 0 aromatic rings. The number of rotatable bonds is 9. The largest absolute Gasteiger partial charge is 0.352 e. The van der Waals surface area contributed by atoms with E-state index >= 15 is 0 Å². The highest BCUT2D eigenvalue weighted by atomic mass is 16.7. The Morgan fingerprint density at radius 1 is 1.00 bits per heavy atom. The van der Waals surface area contributed by atoms with Crippen LogP contribution in [-0.2, 0) is 9.47 Å². The molecule has 0 spiro atoms. The molecule has 0 aromatic heterocycles. The summed E-state index contributed by atoms with van der Waals surface area (Å²) in [6, 6.07) is 0. The summed E-state index contributed by atoms with van der Waals surface area (Å²) in [5.41, 5.74) is 0. The second kappa shape index (κ2) is 9.44. The van der Waals surface area contributed by atoms with Crippen LogP contribution in [0.15, 0.2) is 0 Å². The van der Waals surface area contributed by atoms with Crippen LogP contribution in [0, 0.1) is 5.92 Å². The molecule has 0 unspecified atom stereocenters. The second-order valence-corrected chi connectivity index (χ2v) is 3.51. The molecule has 14 heavy (non-hydrogen) atoms. The summed E-state index contributed by atoms with van der Waals surface area (Å²) in [5, 5.41) is 3.36. The summed E-state index contributed by atoms with van der Waals surface area (Å²) < 4.78 is 10.8. The molecule has 86 valence electrons. The first-order valence-corrected chi connectivity index (χ1v) is 5.68. The minimum Gasteiger partial charge on any atom is -0.352 e. The molecule has 0 heterocycles. The second-order valence-electron chi connectivity index (χ2n) is 3.51. The summed E-state index contributed by atoms with van der Waals surface area (Å²) in [5.74, 6) is 0.721. The first kappa shape index (κ1) is 13.9. The van der Waals surface area contributed by atoms with E-state index in [2.05, 4.69) is 19.2 Å². The van der Waals surface area contributed by atoms with Gasteiger partial charge in [0.05, 0.1) is 0 Å². The van der Waals surface area contributed by atoms with Crippen LogP contribution in [0.4, 0.5) is 0 Å². The molecule has 3 nitrogen and oxygen atoms in total. The number of hydrogen-bond donors (Lipinski definition) is 1. The lowest BCUT2D eigenvalue weighted by Crippen LogP contribution is -2.33. The third-order valence-electron chi connectivity index (χ3n) is 2.21. The van der Waals surface area contributed by atoms with E-state index in [0.717, 1.165) is 19.0 Å². The van der Waals surface area contributed by atoms with E-state index in [1.165, 1.54) is 6.42 Å². The highest BCUT2D eigenvalue weighted by Crippen LogP contribution is 1.98. The van der Waals surface area contributed by atoms with Gasteiger partial charge in [0, 0.05) is 19.8 Å². The van der Waals surface area contributed by atoms with E-state index in [4.69, 9.17) is 9.47 Å². The van der Waals surface area contributed by atoms with Crippen molar-refractivity contribution in [2.75, 3.05) is 26.3 Å². The number of nitrogens with one attached hydrogen (secondary N) is 1. The predicted octanol–water partition coefficient (Wildman–Crippen LogP) is 2.02. The van der Waals surface area contributed by atoms with Crippen LogP contribution in [0.5, 0.6) is 0 Å². The Morgan fingerprint density at radius 2 is 1.57 bits per heavy atom. The molecule has 1 atom stereocenters. The summed E-state index contributed by atoms with van der Waals surface area (Å²) in [7, 11) is 0. The lowest BCUT2D eigenvalue weighted by atomic mass is 10.1. The molecule has 0 rings (SSSR count). The van der Waals surface area contributed by atoms with E-state index < -0.39 is 0 Å². The van der Waals surface area contributed by atoms with Gasteiger partial charge in [0.15, 0.2) is 6.29 Å². The molecule has 0 saturated heterocycles. The normalized spacial score (nSPS) is 13.5. The van der Waals surface area contributed by atoms with E-state index in [0.29, 0.717) is 13.2 Å². The first-order chi connectivity index (χ1) is 6.74.